The molecule has 35 heavy (non-hydrogen) atoms. The van der Waals surface area contributed by atoms with E-state index in [0.29, 0.717) is 28.7 Å². The second kappa shape index (κ2) is 11.9. The Kier molecular flexibility index (Phi) is 8.68. The maximum atomic E-state index is 12.6. The Bertz CT molecular complexity index is 1330. The number of halogens is 2. The molecule has 0 heterocycles. The molecular formula is C25H19Cl2N3O5. The van der Waals surface area contributed by atoms with Gasteiger partial charge in [0.15, 0.2) is 11.5 Å². The lowest BCUT2D eigenvalue weighted by Gasteiger charge is -2.13. The van der Waals surface area contributed by atoms with Gasteiger partial charge in [-0.05, 0) is 60.5 Å². The standard InChI is InChI=1S/C25H19Cl2N3O5/c1-2-34-24-12-16(6-9-23(24)35-15-17-4-3-5-19(26)11-17)10-18(14-28)25(31)29-20-7-8-21(27)22(13-20)30(32)33/h3-13H,2,15H2,1H3,(H,29,31)/b18-10+. The van der Waals surface area contributed by atoms with Gasteiger partial charge in [-0.3, -0.25) is 14.9 Å². The third-order valence-corrected chi connectivity index (χ3v) is 5.18. The zero-order chi connectivity index (χ0) is 25.4. The highest BCUT2D eigenvalue weighted by Crippen LogP contribution is 2.31. The number of nitriles is 1. The fraction of sp³-hybridized carbons (Fsp3) is 0.120. The molecule has 0 bridgehead atoms. The van der Waals surface area contributed by atoms with Gasteiger partial charge in [-0.25, -0.2) is 0 Å². The lowest BCUT2D eigenvalue weighted by Crippen LogP contribution is -2.13. The fourth-order valence-electron chi connectivity index (χ4n) is 3.03. The van der Waals surface area contributed by atoms with E-state index in [-0.39, 0.29) is 28.6 Å². The van der Waals surface area contributed by atoms with Gasteiger partial charge in [0, 0.05) is 16.8 Å². The van der Waals surface area contributed by atoms with Crippen LogP contribution >= 0.6 is 23.2 Å². The lowest BCUT2D eigenvalue weighted by atomic mass is 10.1. The van der Waals surface area contributed by atoms with Gasteiger partial charge in [-0.15, -0.1) is 0 Å². The van der Waals surface area contributed by atoms with Crippen LogP contribution in [0, 0.1) is 21.4 Å². The van der Waals surface area contributed by atoms with Crippen LogP contribution in [-0.4, -0.2) is 17.4 Å². The maximum absolute atomic E-state index is 12.6. The number of nitro groups is 1. The Morgan fingerprint density at radius 2 is 1.91 bits per heavy atom. The molecule has 0 fully saturated rings. The lowest BCUT2D eigenvalue weighted by molar-refractivity contribution is -0.384. The summed E-state index contributed by atoms with van der Waals surface area (Å²) in [6, 6.07) is 17.9. The summed E-state index contributed by atoms with van der Waals surface area (Å²) in [5.41, 5.74) is 0.971. The molecule has 1 amide bonds. The first-order valence-corrected chi connectivity index (χ1v) is 11.1. The smallest absolute Gasteiger partial charge is 0.289 e. The molecule has 3 aromatic carbocycles. The normalized spacial score (nSPS) is 10.9. The van der Waals surface area contributed by atoms with Crippen LogP contribution in [0.3, 0.4) is 0 Å². The number of nitrogens with one attached hydrogen (secondary N) is 1. The van der Waals surface area contributed by atoms with Crippen molar-refractivity contribution in [3.63, 3.8) is 0 Å². The Morgan fingerprint density at radius 1 is 1.11 bits per heavy atom. The summed E-state index contributed by atoms with van der Waals surface area (Å²) in [6.07, 6.45) is 1.38. The summed E-state index contributed by atoms with van der Waals surface area (Å²) in [6.45, 7) is 2.47. The average Bonchev–Trinajstić information content (AvgIpc) is 2.83. The molecule has 0 unspecified atom stereocenters. The van der Waals surface area contributed by atoms with E-state index < -0.39 is 10.8 Å². The molecular weight excluding hydrogens is 493 g/mol. The number of hydrogen-bond donors (Lipinski definition) is 1. The van der Waals surface area contributed by atoms with Gasteiger partial charge in [0.1, 0.15) is 23.3 Å². The van der Waals surface area contributed by atoms with Crippen LogP contribution in [0.2, 0.25) is 10.0 Å². The predicted octanol–water partition coefficient (Wildman–Crippen LogP) is 6.42. The van der Waals surface area contributed by atoms with Crippen molar-refractivity contribution < 1.29 is 19.2 Å². The molecule has 0 saturated carbocycles. The molecule has 10 heteroatoms. The van der Waals surface area contributed by atoms with Crippen LogP contribution in [-0.2, 0) is 11.4 Å². The summed E-state index contributed by atoms with van der Waals surface area (Å²) >= 11 is 11.8. The summed E-state index contributed by atoms with van der Waals surface area (Å²) < 4.78 is 11.5. The van der Waals surface area contributed by atoms with Crippen LogP contribution in [0.1, 0.15) is 18.1 Å². The van der Waals surface area contributed by atoms with Gasteiger partial charge in [0.2, 0.25) is 0 Å². The second-order valence-electron chi connectivity index (χ2n) is 7.11. The topological polar surface area (TPSA) is 114 Å². The van der Waals surface area contributed by atoms with Crippen LogP contribution in [0.4, 0.5) is 11.4 Å². The largest absolute Gasteiger partial charge is 0.490 e. The van der Waals surface area contributed by atoms with Gasteiger partial charge in [0.25, 0.3) is 11.6 Å². The Balaban J connectivity index is 1.80. The highest BCUT2D eigenvalue weighted by Gasteiger charge is 2.16. The number of nitro benzene ring substituents is 1. The van der Waals surface area contributed by atoms with Gasteiger partial charge in [0.05, 0.1) is 11.5 Å². The molecule has 0 aliphatic rings. The van der Waals surface area contributed by atoms with Crippen LogP contribution < -0.4 is 14.8 Å². The number of anilines is 1. The molecule has 0 aliphatic heterocycles. The highest BCUT2D eigenvalue weighted by atomic mass is 35.5. The van der Waals surface area contributed by atoms with E-state index in [0.717, 1.165) is 11.6 Å². The van der Waals surface area contributed by atoms with E-state index in [1.807, 2.05) is 25.1 Å². The quantitative estimate of drug-likeness (QED) is 0.153. The number of nitrogens with zero attached hydrogens (tertiary/aromatic N) is 2. The molecule has 178 valence electrons. The fourth-order valence-corrected chi connectivity index (χ4v) is 3.43. The molecule has 1 N–H and O–H groups in total. The number of ether oxygens (including phenoxy) is 2. The molecule has 0 atom stereocenters. The number of benzene rings is 3. The molecule has 8 nitrogen and oxygen atoms in total. The van der Waals surface area contributed by atoms with Crippen molar-refractivity contribution in [3.8, 4) is 17.6 Å². The summed E-state index contributed by atoms with van der Waals surface area (Å²) in [5, 5.41) is 23.6. The number of carbonyl (C=O) groups excluding carboxylic acids is 1. The van der Waals surface area contributed by atoms with Crippen molar-refractivity contribution in [1.82, 2.24) is 0 Å². The Hall–Kier alpha value is -4.06. The SMILES string of the molecule is CCOc1cc(/C=C(\C#N)C(=O)Nc2ccc(Cl)c([N+](=O)[O-])c2)ccc1OCc1cccc(Cl)c1. The van der Waals surface area contributed by atoms with Crippen molar-refractivity contribution >= 4 is 46.6 Å². The van der Waals surface area contributed by atoms with E-state index in [1.54, 1.807) is 30.3 Å². The van der Waals surface area contributed by atoms with Crippen LogP contribution in [0.5, 0.6) is 11.5 Å². The third-order valence-electron chi connectivity index (χ3n) is 4.63. The van der Waals surface area contributed by atoms with Gasteiger partial charge in [-0.2, -0.15) is 5.26 Å². The molecule has 3 aromatic rings. The summed E-state index contributed by atoms with van der Waals surface area (Å²) in [7, 11) is 0. The number of carbonyl (C=O) groups is 1. The number of amides is 1. The maximum Gasteiger partial charge on any atom is 0.289 e. The zero-order valence-corrected chi connectivity index (χ0v) is 20.0. The van der Waals surface area contributed by atoms with Crippen LogP contribution in [0.15, 0.2) is 66.2 Å². The Labute approximate surface area is 211 Å². The molecule has 0 spiro atoms. The van der Waals surface area contributed by atoms with E-state index >= 15 is 0 Å². The summed E-state index contributed by atoms with van der Waals surface area (Å²) in [4.78, 5) is 23.0. The van der Waals surface area contributed by atoms with E-state index in [1.165, 1.54) is 18.2 Å². The Morgan fingerprint density at radius 3 is 2.60 bits per heavy atom. The van der Waals surface area contributed by atoms with E-state index in [9.17, 15) is 20.2 Å². The number of rotatable bonds is 9. The minimum Gasteiger partial charge on any atom is -0.490 e. The first-order chi connectivity index (χ1) is 16.8. The first-order valence-electron chi connectivity index (χ1n) is 10.3. The molecule has 0 saturated heterocycles. The van der Waals surface area contributed by atoms with Gasteiger partial charge < -0.3 is 14.8 Å². The monoisotopic (exact) mass is 511 g/mol. The van der Waals surface area contributed by atoms with Gasteiger partial charge >= 0.3 is 0 Å². The van der Waals surface area contributed by atoms with Crippen molar-refractivity contribution in [3.05, 3.63) is 97.5 Å². The van der Waals surface area contributed by atoms with E-state index in [2.05, 4.69) is 5.32 Å². The van der Waals surface area contributed by atoms with Crippen molar-refractivity contribution in [2.75, 3.05) is 11.9 Å². The minimum atomic E-state index is -0.733. The van der Waals surface area contributed by atoms with E-state index in [4.69, 9.17) is 32.7 Å². The first kappa shape index (κ1) is 25.6. The minimum absolute atomic E-state index is 0.0647. The number of hydrogen-bond acceptors (Lipinski definition) is 6. The summed E-state index contributed by atoms with van der Waals surface area (Å²) in [5.74, 6) is 0.193. The highest BCUT2D eigenvalue weighted by molar-refractivity contribution is 6.32. The van der Waals surface area contributed by atoms with Crippen LogP contribution in [0.25, 0.3) is 6.08 Å². The molecule has 3 rings (SSSR count). The van der Waals surface area contributed by atoms with Crippen molar-refractivity contribution in [2.24, 2.45) is 0 Å². The second-order valence-corrected chi connectivity index (χ2v) is 7.95. The predicted molar refractivity (Wildman–Crippen MR) is 134 cm³/mol. The van der Waals surface area contributed by atoms with Gasteiger partial charge in [-0.1, -0.05) is 41.4 Å². The average molecular weight is 512 g/mol. The van der Waals surface area contributed by atoms with Crippen molar-refractivity contribution in [2.45, 2.75) is 13.5 Å². The zero-order valence-electron chi connectivity index (χ0n) is 18.5. The molecule has 0 aromatic heterocycles. The van der Waals surface area contributed by atoms with Crippen molar-refractivity contribution in [1.29, 1.82) is 5.26 Å². The molecule has 0 aliphatic carbocycles. The third kappa shape index (κ3) is 6.96. The molecule has 0 radical (unpaired) electrons.